The standard InChI is InChI=1S/C16H17O/c1-2-17-13-16(14-9-5-3-6-10-14)15-11-7-4-8-12-15/h3-12,16H,1-2,13H2. The zero-order chi connectivity index (χ0) is 11.9. The molecule has 0 heterocycles. The average Bonchev–Trinajstić information content (AvgIpc) is 2.42. The smallest absolute Gasteiger partial charge is 0.0575 e. The predicted molar refractivity (Wildman–Crippen MR) is 70.9 cm³/mol. The molecule has 0 atom stereocenters. The zero-order valence-corrected chi connectivity index (χ0v) is 9.88. The van der Waals surface area contributed by atoms with Crippen LogP contribution in [0.2, 0.25) is 0 Å². The van der Waals surface area contributed by atoms with Crippen molar-refractivity contribution in [3.63, 3.8) is 0 Å². The van der Waals surface area contributed by atoms with Crippen molar-refractivity contribution in [3.8, 4) is 0 Å². The van der Waals surface area contributed by atoms with Crippen molar-refractivity contribution in [1.82, 2.24) is 0 Å². The highest BCUT2D eigenvalue weighted by Crippen LogP contribution is 2.24. The van der Waals surface area contributed by atoms with Gasteiger partial charge >= 0.3 is 0 Å². The summed E-state index contributed by atoms with van der Waals surface area (Å²) < 4.78 is 5.49. The summed E-state index contributed by atoms with van der Waals surface area (Å²) in [5, 5.41) is 0. The van der Waals surface area contributed by atoms with Gasteiger partial charge in [0, 0.05) is 12.5 Å². The van der Waals surface area contributed by atoms with Gasteiger partial charge in [0.05, 0.1) is 6.61 Å². The molecule has 1 heteroatoms. The minimum Gasteiger partial charge on any atom is -0.380 e. The Morgan fingerprint density at radius 3 is 1.71 bits per heavy atom. The Labute approximate surface area is 103 Å². The van der Waals surface area contributed by atoms with Crippen LogP contribution in [0.1, 0.15) is 17.0 Å². The van der Waals surface area contributed by atoms with E-state index in [1.54, 1.807) is 0 Å². The Bertz CT molecular complexity index is 382. The van der Waals surface area contributed by atoms with E-state index in [2.05, 4.69) is 55.5 Å². The van der Waals surface area contributed by atoms with Gasteiger partial charge in [0.25, 0.3) is 0 Å². The Hall–Kier alpha value is -1.60. The van der Waals surface area contributed by atoms with E-state index >= 15 is 0 Å². The highest BCUT2D eigenvalue weighted by atomic mass is 16.5. The molecule has 17 heavy (non-hydrogen) atoms. The quantitative estimate of drug-likeness (QED) is 0.754. The maximum absolute atomic E-state index is 5.49. The maximum atomic E-state index is 5.49. The average molecular weight is 225 g/mol. The number of rotatable bonds is 5. The van der Waals surface area contributed by atoms with Gasteiger partial charge in [-0.05, 0) is 18.1 Å². The van der Waals surface area contributed by atoms with Crippen LogP contribution in [0.4, 0.5) is 0 Å². The first-order valence-corrected chi connectivity index (χ1v) is 5.88. The molecule has 1 nitrogen and oxygen atoms in total. The third-order valence-electron chi connectivity index (χ3n) is 2.83. The van der Waals surface area contributed by atoms with Crippen LogP contribution in [0.25, 0.3) is 0 Å². The van der Waals surface area contributed by atoms with Crippen molar-refractivity contribution in [3.05, 3.63) is 78.7 Å². The Morgan fingerprint density at radius 1 is 0.824 bits per heavy atom. The monoisotopic (exact) mass is 225 g/mol. The number of benzene rings is 2. The summed E-state index contributed by atoms with van der Waals surface area (Å²) >= 11 is 0. The van der Waals surface area contributed by atoms with Crippen molar-refractivity contribution < 1.29 is 4.74 Å². The molecule has 0 bridgehead atoms. The van der Waals surface area contributed by atoms with Crippen LogP contribution in [0.5, 0.6) is 0 Å². The second-order valence-corrected chi connectivity index (χ2v) is 3.95. The molecule has 0 fully saturated rings. The minimum absolute atomic E-state index is 0.291. The van der Waals surface area contributed by atoms with E-state index in [0.717, 1.165) is 0 Å². The molecule has 2 aromatic rings. The molecule has 0 aliphatic carbocycles. The topological polar surface area (TPSA) is 9.23 Å². The molecule has 0 aliphatic rings. The molecular formula is C16H17O. The summed E-state index contributed by atoms with van der Waals surface area (Å²) in [6.07, 6.45) is 0. The fraction of sp³-hybridized carbons (Fsp3) is 0.188. The van der Waals surface area contributed by atoms with Gasteiger partial charge in [-0.1, -0.05) is 60.7 Å². The molecule has 0 unspecified atom stereocenters. The van der Waals surface area contributed by atoms with Crippen LogP contribution in [0.3, 0.4) is 0 Å². The van der Waals surface area contributed by atoms with E-state index < -0.39 is 0 Å². The molecule has 0 N–H and O–H groups in total. The van der Waals surface area contributed by atoms with E-state index in [-0.39, 0.29) is 0 Å². The van der Waals surface area contributed by atoms with E-state index in [4.69, 9.17) is 4.74 Å². The van der Waals surface area contributed by atoms with Gasteiger partial charge in [-0.15, -0.1) is 0 Å². The molecule has 2 aromatic carbocycles. The first-order chi connectivity index (χ1) is 8.42. The summed E-state index contributed by atoms with van der Waals surface area (Å²) in [7, 11) is 0. The van der Waals surface area contributed by atoms with Gasteiger partial charge in [0.15, 0.2) is 0 Å². The van der Waals surface area contributed by atoms with E-state index in [9.17, 15) is 0 Å². The molecule has 0 saturated carbocycles. The first kappa shape index (κ1) is 11.9. The first-order valence-electron chi connectivity index (χ1n) is 5.88. The molecule has 0 amide bonds. The minimum atomic E-state index is 0.291. The van der Waals surface area contributed by atoms with E-state index in [1.165, 1.54) is 11.1 Å². The summed E-state index contributed by atoms with van der Waals surface area (Å²) in [5.41, 5.74) is 2.57. The molecule has 0 spiro atoms. The molecule has 87 valence electrons. The largest absolute Gasteiger partial charge is 0.380 e. The SMILES string of the molecule is [CH2]COCC(c1ccccc1)c1ccccc1. The predicted octanol–water partition coefficient (Wildman–Crippen LogP) is 3.67. The second-order valence-electron chi connectivity index (χ2n) is 3.95. The molecule has 0 saturated heterocycles. The summed E-state index contributed by atoms with van der Waals surface area (Å²) in [6, 6.07) is 20.9. The van der Waals surface area contributed by atoms with Gasteiger partial charge in [-0.25, -0.2) is 0 Å². The molecule has 0 aromatic heterocycles. The number of hydrogen-bond donors (Lipinski definition) is 0. The number of ether oxygens (including phenoxy) is 1. The van der Waals surface area contributed by atoms with Gasteiger partial charge in [-0.2, -0.15) is 0 Å². The van der Waals surface area contributed by atoms with Crippen LogP contribution in [-0.4, -0.2) is 13.2 Å². The lowest BCUT2D eigenvalue weighted by Crippen LogP contribution is -2.09. The fourth-order valence-corrected chi connectivity index (χ4v) is 1.96. The number of hydrogen-bond acceptors (Lipinski definition) is 1. The van der Waals surface area contributed by atoms with Gasteiger partial charge in [-0.3, -0.25) is 0 Å². The highest BCUT2D eigenvalue weighted by molar-refractivity contribution is 5.32. The van der Waals surface area contributed by atoms with Gasteiger partial charge in [0.2, 0.25) is 0 Å². The van der Waals surface area contributed by atoms with Gasteiger partial charge < -0.3 is 4.74 Å². The third-order valence-corrected chi connectivity index (χ3v) is 2.83. The third kappa shape index (κ3) is 3.18. The van der Waals surface area contributed by atoms with Gasteiger partial charge in [0.1, 0.15) is 0 Å². The Kier molecular flexibility index (Phi) is 4.34. The van der Waals surface area contributed by atoms with Crippen LogP contribution < -0.4 is 0 Å². The molecule has 1 radical (unpaired) electrons. The summed E-state index contributed by atoms with van der Waals surface area (Å²) in [4.78, 5) is 0. The highest BCUT2D eigenvalue weighted by Gasteiger charge is 2.13. The molecular weight excluding hydrogens is 208 g/mol. The van der Waals surface area contributed by atoms with Crippen molar-refractivity contribution >= 4 is 0 Å². The maximum Gasteiger partial charge on any atom is 0.0575 e. The lowest BCUT2D eigenvalue weighted by molar-refractivity contribution is 0.153. The normalized spacial score (nSPS) is 10.7. The zero-order valence-electron chi connectivity index (χ0n) is 9.88. The van der Waals surface area contributed by atoms with Crippen molar-refractivity contribution in [2.45, 2.75) is 5.92 Å². The van der Waals surface area contributed by atoms with Crippen molar-refractivity contribution in [2.24, 2.45) is 0 Å². The lowest BCUT2D eigenvalue weighted by atomic mass is 9.92. The van der Waals surface area contributed by atoms with Crippen molar-refractivity contribution in [1.29, 1.82) is 0 Å². The van der Waals surface area contributed by atoms with Crippen LogP contribution >= 0.6 is 0 Å². The van der Waals surface area contributed by atoms with Crippen molar-refractivity contribution in [2.75, 3.05) is 13.2 Å². The van der Waals surface area contributed by atoms with Crippen LogP contribution in [0.15, 0.2) is 60.7 Å². The molecule has 2 rings (SSSR count). The van der Waals surface area contributed by atoms with Crippen LogP contribution in [-0.2, 0) is 4.74 Å². The van der Waals surface area contributed by atoms with Crippen LogP contribution in [0, 0.1) is 6.92 Å². The summed E-state index contributed by atoms with van der Waals surface area (Å²) in [5.74, 6) is 0.291. The summed E-state index contributed by atoms with van der Waals surface area (Å²) in [6.45, 7) is 4.91. The Balaban J connectivity index is 2.26. The molecule has 0 aliphatic heterocycles. The van der Waals surface area contributed by atoms with E-state index in [0.29, 0.717) is 19.1 Å². The fourth-order valence-electron chi connectivity index (χ4n) is 1.96. The Morgan fingerprint density at radius 2 is 1.29 bits per heavy atom. The second kappa shape index (κ2) is 6.21. The lowest BCUT2D eigenvalue weighted by Gasteiger charge is -2.17. The van der Waals surface area contributed by atoms with E-state index in [1.807, 2.05) is 12.1 Å².